The first-order valence-corrected chi connectivity index (χ1v) is 5.14. The molecule has 4 nitrogen and oxygen atoms in total. The quantitative estimate of drug-likeness (QED) is 0.652. The molecule has 0 heterocycles. The van der Waals surface area contributed by atoms with Gasteiger partial charge < -0.3 is 14.9 Å². The van der Waals surface area contributed by atoms with Crippen LogP contribution in [0.5, 0.6) is 0 Å². The SMILES string of the molecule is CC(C)(CO)CCOC(=O)C(C)(C)CO. The fourth-order valence-corrected chi connectivity index (χ4v) is 0.759. The summed E-state index contributed by atoms with van der Waals surface area (Å²) >= 11 is 0. The molecule has 0 spiro atoms. The Bertz CT molecular complexity index is 209. The number of aliphatic hydroxyl groups excluding tert-OH is 2. The van der Waals surface area contributed by atoms with Crippen LogP contribution in [0.2, 0.25) is 0 Å². The lowest BCUT2D eigenvalue weighted by Gasteiger charge is -2.23. The second kappa shape index (κ2) is 5.47. The maximum Gasteiger partial charge on any atom is 0.313 e. The van der Waals surface area contributed by atoms with Crippen LogP contribution in [0.15, 0.2) is 0 Å². The van der Waals surface area contributed by atoms with Gasteiger partial charge in [0.1, 0.15) is 0 Å². The lowest BCUT2D eigenvalue weighted by atomic mass is 9.91. The predicted octanol–water partition coefficient (Wildman–Crippen LogP) is 0.957. The van der Waals surface area contributed by atoms with E-state index in [4.69, 9.17) is 14.9 Å². The van der Waals surface area contributed by atoms with Crippen molar-refractivity contribution >= 4 is 5.97 Å². The van der Waals surface area contributed by atoms with Gasteiger partial charge in [0.2, 0.25) is 0 Å². The number of carbonyl (C=O) groups is 1. The van der Waals surface area contributed by atoms with Gasteiger partial charge in [-0.15, -0.1) is 0 Å². The number of hydrogen-bond acceptors (Lipinski definition) is 4. The number of hydrogen-bond donors (Lipinski definition) is 2. The third kappa shape index (κ3) is 5.14. The van der Waals surface area contributed by atoms with Crippen LogP contribution in [0.4, 0.5) is 0 Å². The molecule has 0 saturated carbocycles. The van der Waals surface area contributed by atoms with Gasteiger partial charge in [-0.25, -0.2) is 0 Å². The molecule has 2 N–H and O–H groups in total. The van der Waals surface area contributed by atoms with Gasteiger partial charge in [-0.3, -0.25) is 4.79 Å². The molecular formula is C11H22O4. The maximum atomic E-state index is 11.4. The van der Waals surface area contributed by atoms with E-state index in [1.807, 2.05) is 13.8 Å². The van der Waals surface area contributed by atoms with Gasteiger partial charge in [-0.2, -0.15) is 0 Å². The van der Waals surface area contributed by atoms with Gasteiger partial charge in [-0.05, 0) is 25.7 Å². The molecule has 4 heteroatoms. The number of esters is 1. The monoisotopic (exact) mass is 218 g/mol. The third-order valence-electron chi connectivity index (χ3n) is 2.39. The van der Waals surface area contributed by atoms with Gasteiger partial charge in [0.05, 0.1) is 18.6 Å². The summed E-state index contributed by atoms with van der Waals surface area (Å²) in [5.74, 6) is -0.404. The Kier molecular flexibility index (Phi) is 5.24. The second-order valence-corrected chi connectivity index (χ2v) is 5.25. The molecule has 0 aliphatic carbocycles. The molecule has 0 fully saturated rings. The fourth-order valence-electron chi connectivity index (χ4n) is 0.759. The molecule has 90 valence electrons. The van der Waals surface area contributed by atoms with Crippen molar-refractivity contribution < 1.29 is 19.7 Å². The van der Waals surface area contributed by atoms with E-state index in [0.29, 0.717) is 6.42 Å². The van der Waals surface area contributed by atoms with E-state index < -0.39 is 11.4 Å². The first kappa shape index (κ1) is 14.4. The van der Waals surface area contributed by atoms with E-state index >= 15 is 0 Å². The minimum Gasteiger partial charge on any atom is -0.465 e. The lowest BCUT2D eigenvalue weighted by Crippen LogP contribution is -2.31. The number of rotatable bonds is 6. The van der Waals surface area contributed by atoms with Crippen LogP contribution in [0.1, 0.15) is 34.1 Å². The summed E-state index contributed by atoms with van der Waals surface area (Å²) in [6, 6.07) is 0. The van der Waals surface area contributed by atoms with Crippen LogP contribution in [0, 0.1) is 10.8 Å². The number of ether oxygens (including phenoxy) is 1. The van der Waals surface area contributed by atoms with Gasteiger partial charge in [-0.1, -0.05) is 13.8 Å². The van der Waals surface area contributed by atoms with Crippen molar-refractivity contribution in [1.29, 1.82) is 0 Å². The van der Waals surface area contributed by atoms with Crippen molar-refractivity contribution in [1.82, 2.24) is 0 Å². The highest BCUT2D eigenvalue weighted by Gasteiger charge is 2.28. The smallest absolute Gasteiger partial charge is 0.313 e. The van der Waals surface area contributed by atoms with Crippen LogP contribution < -0.4 is 0 Å². The first-order chi connectivity index (χ1) is 6.75. The second-order valence-electron chi connectivity index (χ2n) is 5.25. The standard InChI is InChI=1S/C11H22O4/c1-10(2,7-12)5-6-15-9(14)11(3,4)8-13/h12-13H,5-8H2,1-4H3. The zero-order chi connectivity index (χ0) is 12.1. The van der Waals surface area contributed by atoms with Crippen LogP contribution in [0.3, 0.4) is 0 Å². The zero-order valence-corrected chi connectivity index (χ0v) is 10.0. The normalized spacial score (nSPS) is 12.7. The first-order valence-electron chi connectivity index (χ1n) is 5.14. The van der Waals surface area contributed by atoms with Crippen molar-refractivity contribution in [3.05, 3.63) is 0 Å². The Balaban J connectivity index is 3.93. The molecule has 0 radical (unpaired) electrons. The van der Waals surface area contributed by atoms with Crippen molar-refractivity contribution in [2.24, 2.45) is 10.8 Å². The molecule has 0 aliphatic heterocycles. The van der Waals surface area contributed by atoms with Crippen LogP contribution in [-0.2, 0) is 9.53 Å². The van der Waals surface area contributed by atoms with E-state index in [2.05, 4.69) is 0 Å². The van der Waals surface area contributed by atoms with Gasteiger partial charge in [0.25, 0.3) is 0 Å². The molecule has 0 unspecified atom stereocenters. The van der Waals surface area contributed by atoms with E-state index in [0.717, 1.165) is 0 Å². The number of aliphatic hydroxyl groups is 2. The summed E-state index contributed by atoms with van der Waals surface area (Å²) in [6.07, 6.45) is 0.608. The lowest BCUT2D eigenvalue weighted by molar-refractivity contribution is -0.156. The van der Waals surface area contributed by atoms with E-state index in [1.54, 1.807) is 13.8 Å². The van der Waals surface area contributed by atoms with Crippen LogP contribution in [0.25, 0.3) is 0 Å². The summed E-state index contributed by atoms with van der Waals surface area (Å²) in [4.78, 5) is 11.4. The van der Waals surface area contributed by atoms with Gasteiger partial charge >= 0.3 is 5.97 Å². The van der Waals surface area contributed by atoms with E-state index in [1.165, 1.54) is 0 Å². The average molecular weight is 218 g/mol. The third-order valence-corrected chi connectivity index (χ3v) is 2.39. The fraction of sp³-hybridized carbons (Fsp3) is 0.909. The molecule has 0 atom stereocenters. The van der Waals surface area contributed by atoms with Crippen LogP contribution in [-0.4, -0.2) is 36.0 Å². The molecule has 0 aromatic carbocycles. The molecule has 15 heavy (non-hydrogen) atoms. The summed E-state index contributed by atoms with van der Waals surface area (Å²) < 4.78 is 5.03. The largest absolute Gasteiger partial charge is 0.465 e. The summed E-state index contributed by atoms with van der Waals surface area (Å²) in [5, 5.41) is 17.9. The highest BCUT2D eigenvalue weighted by atomic mass is 16.5. The molecule has 0 saturated heterocycles. The van der Waals surface area contributed by atoms with Gasteiger partial charge in [0, 0.05) is 6.61 Å². The topological polar surface area (TPSA) is 66.8 Å². The molecule has 0 aromatic heterocycles. The van der Waals surface area contributed by atoms with Crippen molar-refractivity contribution in [2.75, 3.05) is 19.8 Å². The predicted molar refractivity (Wildman–Crippen MR) is 57.3 cm³/mol. The summed E-state index contributed by atoms with van der Waals surface area (Å²) in [5.41, 5.74) is -1.08. The van der Waals surface area contributed by atoms with Crippen molar-refractivity contribution in [2.45, 2.75) is 34.1 Å². The molecule has 0 amide bonds. The highest BCUT2D eigenvalue weighted by Crippen LogP contribution is 2.20. The Labute approximate surface area is 91.3 Å². The Hall–Kier alpha value is -0.610. The molecule has 0 rings (SSSR count). The van der Waals surface area contributed by atoms with Crippen LogP contribution >= 0.6 is 0 Å². The maximum absolute atomic E-state index is 11.4. The molecule has 0 bridgehead atoms. The Morgan fingerprint density at radius 2 is 1.67 bits per heavy atom. The average Bonchev–Trinajstić information content (AvgIpc) is 2.17. The van der Waals surface area contributed by atoms with Gasteiger partial charge in [0.15, 0.2) is 0 Å². The summed E-state index contributed by atoms with van der Waals surface area (Å²) in [6.45, 7) is 7.17. The molecule has 0 aromatic rings. The minimum atomic E-state index is -0.844. The highest BCUT2D eigenvalue weighted by molar-refractivity contribution is 5.75. The Morgan fingerprint density at radius 3 is 2.07 bits per heavy atom. The van der Waals surface area contributed by atoms with E-state index in [-0.39, 0.29) is 25.2 Å². The van der Waals surface area contributed by atoms with Crippen molar-refractivity contribution in [3.63, 3.8) is 0 Å². The molecular weight excluding hydrogens is 196 g/mol. The van der Waals surface area contributed by atoms with E-state index in [9.17, 15) is 4.79 Å². The zero-order valence-electron chi connectivity index (χ0n) is 10.0. The summed E-state index contributed by atoms with van der Waals surface area (Å²) in [7, 11) is 0. The minimum absolute atomic E-state index is 0.0634. The number of carbonyl (C=O) groups excluding carboxylic acids is 1. The Morgan fingerprint density at radius 1 is 1.13 bits per heavy atom. The molecule has 0 aliphatic rings. The van der Waals surface area contributed by atoms with Crippen molar-refractivity contribution in [3.8, 4) is 0 Å².